The quantitative estimate of drug-likeness (QED) is 0.701. The number of ketones is 1. The van der Waals surface area contributed by atoms with Crippen LogP contribution in [0.1, 0.15) is 11.5 Å². The van der Waals surface area contributed by atoms with Crippen molar-refractivity contribution in [3.63, 3.8) is 0 Å². The van der Waals surface area contributed by atoms with Gasteiger partial charge in [0.15, 0.2) is 5.78 Å². The molecule has 3 aliphatic heterocycles. The van der Waals surface area contributed by atoms with Gasteiger partial charge < -0.3 is 9.47 Å². The van der Waals surface area contributed by atoms with Crippen molar-refractivity contribution in [3.8, 4) is 0 Å². The lowest BCUT2D eigenvalue weighted by molar-refractivity contribution is -0.136. The van der Waals surface area contributed by atoms with Crippen molar-refractivity contribution in [2.45, 2.75) is 5.92 Å². The van der Waals surface area contributed by atoms with Crippen LogP contribution in [-0.4, -0.2) is 37.3 Å². The molecule has 4 rings (SSSR count). The van der Waals surface area contributed by atoms with E-state index >= 15 is 0 Å². The molecule has 0 radical (unpaired) electrons. The van der Waals surface area contributed by atoms with Crippen molar-refractivity contribution in [2.24, 2.45) is 10.9 Å². The van der Waals surface area contributed by atoms with Gasteiger partial charge in [0.2, 0.25) is 0 Å². The van der Waals surface area contributed by atoms with Crippen molar-refractivity contribution < 1.29 is 23.5 Å². The molecule has 2 atom stereocenters. The van der Waals surface area contributed by atoms with Crippen molar-refractivity contribution in [2.75, 3.05) is 19.8 Å². The zero-order valence-electron chi connectivity index (χ0n) is 11.8. The van der Waals surface area contributed by atoms with Gasteiger partial charge in [0, 0.05) is 5.92 Å². The van der Waals surface area contributed by atoms with Crippen LogP contribution in [0.3, 0.4) is 0 Å². The Morgan fingerprint density at radius 3 is 2.78 bits per heavy atom. The summed E-state index contributed by atoms with van der Waals surface area (Å²) in [6.45, 7) is 0.331. The maximum Gasteiger partial charge on any atom is 0.337 e. The van der Waals surface area contributed by atoms with Gasteiger partial charge in [-0.1, -0.05) is 6.07 Å². The Bertz CT molecular complexity index is 801. The summed E-state index contributed by atoms with van der Waals surface area (Å²) in [5.74, 6) is -2.08. The Morgan fingerprint density at radius 1 is 1.17 bits per heavy atom. The first kappa shape index (κ1) is 14.7. The number of carbonyl (C=O) groups is 2. The molecule has 0 saturated carbocycles. The number of fused-ring (bicyclic) bond motifs is 1. The molecule has 118 valence electrons. The van der Waals surface area contributed by atoms with Gasteiger partial charge >= 0.3 is 5.97 Å². The minimum absolute atomic E-state index is 0.0137. The molecule has 0 aromatic heterocycles. The smallest absolute Gasteiger partial charge is 0.337 e. The Hall–Kier alpha value is -1.86. The van der Waals surface area contributed by atoms with Gasteiger partial charge in [-0.2, -0.15) is 0 Å². The van der Waals surface area contributed by atoms with E-state index in [4.69, 9.17) is 9.47 Å². The van der Waals surface area contributed by atoms with Gasteiger partial charge in [-0.15, -0.1) is 0 Å². The maximum absolute atomic E-state index is 13.6. The number of cyclic esters (lactones) is 1. The molecule has 0 amide bonds. The summed E-state index contributed by atoms with van der Waals surface area (Å²) in [5.41, 5.74) is 2.21. The minimum atomic E-state index is -0.564. The second kappa shape index (κ2) is 5.35. The highest BCUT2D eigenvalue weighted by atomic mass is 79.9. The lowest BCUT2D eigenvalue weighted by Crippen LogP contribution is -2.43. The van der Waals surface area contributed by atoms with Crippen LogP contribution in [0.25, 0.3) is 0 Å². The molecule has 1 saturated heterocycles. The Labute approximate surface area is 139 Å². The summed E-state index contributed by atoms with van der Waals surface area (Å²) in [6, 6.07) is 4.50. The number of Topliss-reactive ketones (excluding diaryl/α,β-unsaturated/α-hetero) is 1. The summed E-state index contributed by atoms with van der Waals surface area (Å²) in [7, 11) is 0. The largest absolute Gasteiger partial charge is 0.456 e. The average molecular weight is 380 g/mol. The topological polar surface area (TPSA) is 65.0 Å². The first-order chi connectivity index (χ1) is 11.1. The van der Waals surface area contributed by atoms with Gasteiger partial charge in [-0.25, -0.2) is 9.18 Å². The molecule has 3 heterocycles. The van der Waals surface area contributed by atoms with Gasteiger partial charge in [0.25, 0.3) is 0 Å². The van der Waals surface area contributed by atoms with Crippen molar-refractivity contribution >= 4 is 33.4 Å². The van der Waals surface area contributed by atoms with E-state index in [-0.39, 0.29) is 30.1 Å². The number of nitrogens with zero attached hydrogens (tertiary/aromatic N) is 1. The van der Waals surface area contributed by atoms with E-state index in [1.54, 1.807) is 12.1 Å². The average Bonchev–Trinajstić information content (AvgIpc) is 2.90. The molecule has 0 aliphatic carbocycles. The number of ether oxygens (including phenoxy) is 2. The predicted molar refractivity (Wildman–Crippen MR) is 81.6 cm³/mol. The zero-order valence-corrected chi connectivity index (χ0v) is 13.4. The van der Waals surface area contributed by atoms with Crippen LogP contribution in [0.15, 0.2) is 38.9 Å². The van der Waals surface area contributed by atoms with E-state index in [0.29, 0.717) is 22.5 Å². The zero-order chi connectivity index (χ0) is 16.1. The van der Waals surface area contributed by atoms with Crippen LogP contribution >= 0.6 is 15.9 Å². The summed E-state index contributed by atoms with van der Waals surface area (Å²) in [5, 5.41) is 0. The number of halogens is 2. The molecule has 0 bridgehead atoms. The van der Waals surface area contributed by atoms with E-state index < -0.39 is 23.6 Å². The monoisotopic (exact) mass is 379 g/mol. The van der Waals surface area contributed by atoms with E-state index in [2.05, 4.69) is 20.9 Å². The van der Waals surface area contributed by atoms with E-state index in [9.17, 15) is 14.0 Å². The summed E-state index contributed by atoms with van der Waals surface area (Å²) >= 11 is 3.16. The SMILES string of the molecule is O=C1OCC2=C1[C@@H](c1ccc(F)c(Br)c1)C1C(=O)COCC1=N2. The highest BCUT2D eigenvalue weighted by molar-refractivity contribution is 9.10. The fourth-order valence-corrected chi connectivity index (χ4v) is 3.71. The third-order valence-corrected chi connectivity index (χ3v) is 4.90. The summed E-state index contributed by atoms with van der Waals surface area (Å²) < 4.78 is 24.2. The highest BCUT2D eigenvalue weighted by Gasteiger charge is 2.47. The second-order valence-electron chi connectivity index (χ2n) is 5.63. The molecule has 1 unspecified atom stereocenters. The number of aliphatic imine (C=N–C) groups is 1. The number of rotatable bonds is 1. The number of carbonyl (C=O) groups excluding carboxylic acids is 2. The molecule has 7 heteroatoms. The molecular weight excluding hydrogens is 369 g/mol. The van der Waals surface area contributed by atoms with Gasteiger partial charge in [-0.3, -0.25) is 9.79 Å². The number of esters is 1. The molecule has 1 aromatic carbocycles. The molecule has 1 aromatic rings. The lowest BCUT2D eigenvalue weighted by atomic mass is 9.73. The number of hydrogen-bond donors (Lipinski definition) is 0. The molecule has 5 nitrogen and oxygen atoms in total. The van der Waals surface area contributed by atoms with Gasteiger partial charge in [0.05, 0.1) is 34.0 Å². The Morgan fingerprint density at radius 2 is 2.00 bits per heavy atom. The maximum atomic E-state index is 13.6. The predicted octanol–water partition coefficient (Wildman–Crippen LogP) is 2.15. The molecule has 0 N–H and O–H groups in total. The molecule has 23 heavy (non-hydrogen) atoms. The van der Waals surface area contributed by atoms with Crippen molar-refractivity contribution in [3.05, 3.63) is 45.3 Å². The first-order valence-electron chi connectivity index (χ1n) is 7.09. The van der Waals surface area contributed by atoms with Crippen LogP contribution in [0.2, 0.25) is 0 Å². The number of hydrogen-bond acceptors (Lipinski definition) is 5. The van der Waals surface area contributed by atoms with Crippen LogP contribution in [0.5, 0.6) is 0 Å². The van der Waals surface area contributed by atoms with E-state index in [1.807, 2.05) is 0 Å². The molecule has 3 aliphatic rings. The van der Waals surface area contributed by atoms with E-state index in [0.717, 1.165) is 0 Å². The van der Waals surface area contributed by atoms with Gasteiger partial charge in [-0.05, 0) is 33.6 Å². The molecular formula is C16H11BrFNO4. The Balaban J connectivity index is 1.89. The second-order valence-corrected chi connectivity index (χ2v) is 6.48. The van der Waals surface area contributed by atoms with Crippen LogP contribution < -0.4 is 0 Å². The molecule has 1 fully saturated rings. The van der Waals surface area contributed by atoms with Crippen LogP contribution in [0.4, 0.5) is 4.39 Å². The highest BCUT2D eigenvalue weighted by Crippen LogP contribution is 2.43. The minimum Gasteiger partial charge on any atom is -0.456 e. The van der Waals surface area contributed by atoms with Crippen LogP contribution in [0, 0.1) is 11.7 Å². The lowest BCUT2D eigenvalue weighted by Gasteiger charge is -2.33. The fourth-order valence-electron chi connectivity index (χ4n) is 3.31. The first-order valence-corrected chi connectivity index (χ1v) is 7.88. The van der Waals surface area contributed by atoms with Crippen LogP contribution in [-0.2, 0) is 19.1 Å². The Kier molecular flexibility index (Phi) is 3.42. The van der Waals surface area contributed by atoms with Crippen molar-refractivity contribution in [1.29, 1.82) is 0 Å². The third kappa shape index (κ3) is 2.26. The fraction of sp³-hybridized carbons (Fsp3) is 0.312. The summed E-state index contributed by atoms with van der Waals surface area (Å²) in [4.78, 5) is 28.9. The van der Waals surface area contributed by atoms with Gasteiger partial charge in [0.1, 0.15) is 19.0 Å². The summed E-state index contributed by atoms with van der Waals surface area (Å²) in [6.07, 6.45) is 0. The van der Waals surface area contributed by atoms with E-state index in [1.165, 1.54) is 6.07 Å². The normalized spacial score (nSPS) is 26.6. The third-order valence-electron chi connectivity index (χ3n) is 4.30. The van der Waals surface area contributed by atoms with Crippen molar-refractivity contribution in [1.82, 2.24) is 0 Å². The number of benzene rings is 1. The molecule has 0 spiro atoms. The standard InChI is InChI=1S/C16H11BrFNO4/c17-8-3-7(1-2-9(8)18)13-14-10(4-22-6-12(14)20)19-11-5-23-16(21)15(11)13/h1-3,13-14H,4-6H2/t13-,14?/m0/s1.